The summed E-state index contributed by atoms with van der Waals surface area (Å²) in [5, 5.41) is 7.06. The minimum Gasteiger partial charge on any atom is -0.497 e. The number of halogens is 2. The fourth-order valence-electron chi connectivity index (χ4n) is 3.03. The summed E-state index contributed by atoms with van der Waals surface area (Å²) in [5.74, 6) is -1.57. The second kappa shape index (κ2) is 10.4. The lowest BCUT2D eigenvalue weighted by Gasteiger charge is -2.21. The monoisotopic (exact) mass is 475 g/mol. The Kier molecular flexibility index (Phi) is 7.59. The lowest BCUT2D eigenvalue weighted by atomic mass is 10.0. The third kappa shape index (κ3) is 5.83. The van der Waals surface area contributed by atoms with Gasteiger partial charge in [0.2, 0.25) is 5.91 Å². The Balaban J connectivity index is 1.76. The Morgan fingerprint density at radius 1 is 1.03 bits per heavy atom. The predicted octanol–water partition coefficient (Wildman–Crippen LogP) is 4.50. The van der Waals surface area contributed by atoms with Gasteiger partial charge >= 0.3 is 0 Å². The number of benzene rings is 2. The number of carbonyl (C=O) groups is 2. The van der Waals surface area contributed by atoms with Gasteiger partial charge in [0, 0.05) is 22.6 Å². The molecule has 3 aromatic rings. The standard InChI is InChI=1S/C23H23F2N3O4S/c1-12(2)20(27-21(29)13-7-15(31-3)10-16(8-13)32-4)22(30)28-23-26-19(11-33-23)17-9-14(24)5-6-18(17)25/h5-12,20H,1-4H3,(H,27,29)(H,26,28,30)/t20-/m0/s1. The van der Waals surface area contributed by atoms with Crippen molar-refractivity contribution in [3.63, 3.8) is 0 Å². The first-order valence-electron chi connectivity index (χ1n) is 9.97. The van der Waals surface area contributed by atoms with E-state index >= 15 is 0 Å². The molecular weight excluding hydrogens is 452 g/mol. The molecule has 0 fully saturated rings. The van der Waals surface area contributed by atoms with Crippen molar-refractivity contribution in [2.45, 2.75) is 19.9 Å². The maximum atomic E-state index is 14.0. The molecule has 10 heteroatoms. The Morgan fingerprint density at radius 2 is 1.70 bits per heavy atom. The van der Waals surface area contributed by atoms with Gasteiger partial charge in [0.25, 0.3) is 5.91 Å². The predicted molar refractivity (Wildman–Crippen MR) is 122 cm³/mol. The summed E-state index contributed by atoms with van der Waals surface area (Å²) in [5.41, 5.74) is 0.455. The van der Waals surface area contributed by atoms with E-state index in [1.54, 1.807) is 19.9 Å². The van der Waals surface area contributed by atoms with Crippen LogP contribution in [0.25, 0.3) is 11.3 Å². The van der Waals surface area contributed by atoms with E-state index in [1.165, 1.54) is 31.7 Å². The molecule has 0 aliphatic carbocycles. The van der Waals surface area contributed by atoms with Crippen LogP contribution in [0.15, 0.2) is 41.8 Å². The molecule has 0 aliphatic rings. The maximum absolute atomic E-state index is 14.0. The number of methoxy groups -OCH3 is 2. The number of thiazole rings is 1. The van der Waals surface area contributed by atoms with Crippen molar-refractivity contribution in [1.82, 2.24) is 10.3 Å². The molecule has 0 radical (unpaired) electrons. The van der Waals surface area contributed by atoms with Crippen molar-refractivity contribution in [3.8, 4) is 22.8 Å². The summed E-state index contributed by atoms with van der Waals surface area (Å²) in [6.07, 6.45) is 0. The maximum Gasteiger partial charge on any atom is 0.252 e. The molecule has 2 aromatic carbocycles. The van der Waals surface area contributed by atoms with Crippen LogP contribution in [0.1, 0.15) is 24.2 Å². The number of carbonyl (C=O) groups excluding carboxylic acids is 2. The highest BCUT2D eigenvalue weighted by Gasteiger charge is 2.26. The Bertz CT molecular complexity index is 1140. The van der Waals surface area contributed by atoms with Crippen molar-refractivity contribution in [2.24, 2.45) is 5.92 Å². The number of ether oxygens (including phenoxy) is 2. The van der Waals surface area contributed by atoms with Crippen molar-refractivity contribution < 1.29 is 27.8 Å². The zero-order chi connectivity index (χ0) is 24.1. The third-order valence-corrected chi connectivity index (χ3v) is 5.55. The van der Waals surface area contributed by atoms with Crippen LogP contribution in [0.5, 0.6) is 11.5 Å². The van der Waals surface area contributed by atoms with Crippen LogP contribution in [-0.4, -0.2) is 37.1 Å². The van der Waals surface area contributed by atoms with E-state index in [4.69, 9.17) is 9.47 Å². The van der Waals surface area contributed by atoms with Crippen molar-refractivity contribution in [1.29, 1.82) is 0 Å². The number of hydrogen-bond acceptors (Lipinski definition) is 6. The van der Waals surface area contributed by atoms with Gasteiger partial charge in [0.1, 0.15) is 29.2 Å². The zero-order valence-electron chi connectivity index (χ0n) is 18.4. The molecular formula is C23H23F2N3O4S. The summed E-state index contributed by atoms with van der Waals surface area (Å²) in [4.78, 5) is 29.9. The highest BCUT2D eigenvalue weighted by Crippen LogP contribution is 2.28. The average molecular weight is 476 g/mol. The second-order valence-electron chi connectivity index (χ2n) is 7.45. The van der Waals surface area contributed by atoms with Crippen molar-refractivity contribution >= 4 is 28.3 Å². The molecule has 1 aromatic heterocycles. The SMILES string of the molecule is COc1cc(OC)cc(C(=O)N[C@H](C(=O)Nc2nc(-c3cc(F)ccc3F)cs2)C(C)C)c1. The lowest BCUT2D eigenvalue weighted by molar-refractivity contribution is -0.118. The number of aromatic nitrogens is 1. The van der Waals surface area contributed by atoms with Crippen LogP contribution in [0.2, 0.25) is 0 Å². The van der Waals surface area contributed by atoms with E-state index in [2.05, 4.69) is 15.6 Å². The van der Waals surface area contributed by atoms with E-state index in [1.807, 2.05) is 0 Å². The van der Waals surface area contributed by atoms with E-state index in [9.17, 15) is 18.4 Å². The molecule has 0 aliphatic heterocycles. The minimum atomic E-state index is -0.882. The highest BCUT2D eigenvalue weighted by molar-refractivity contribution is 7.14. The molecule has 0 spiro atoms. The topological polar surface area (TPSA) is 89.5 Å². The lowest BCUT2D eigenvalue weighted by Crippen LogP contribution is -2.47. The number of rotatable bonds is 8. The van der Waals surface area contributed by atoms with Gasteiger partial charge in [-0.25, -0.2) is 13.8 Å². The van der Waals surface area contributed by atoms with E-state index in [0.29, 0.717) is 11.5 Å². The molecule has 174 valence electrons. The zero-order valence-corrected chi connectivity index (χ0v) is 19.3. The van der Waals surface area contributed by atoms with Gasteiger partial charge in [-0.3, -0.25) is 9.59 Å². The first kappa shape index (κ1) is 24.1. The molecule has 33 heavy (non-hydrogen) atoms. The summed E-state index contributed by atoms with van der Waals surface area (Å²) in [7, 11) is 2.94. The number of anilines is 1. The molecule has 7 nitrogen and oxygen atoms in total. The van der Waals surface area contributed by atoms with Crippen LogP contribution in [0.4, 0.5) is 13.9 Å². The fourth-order valence-corrected chi connectivity index (χ4v) is 3.74. The summed E-state index contributed by atoms with van der Waals surface area (Å²) < 4.78 is 37.9. The third-order valence-electron chi connectivity index (χ3n) is 4.79. The molecule has 1 heterocycles. The first-order valence-corrected chi connectivity index (χ1v) is 10.9. The van der Waals surface area contributed by atoms with Gasteiger partial charge < -0.3 is 20.1 Å². The average Bonchev–Trinajstić information content (AvgIpc) is 3.26. The van der Waals surface area contributed by atoms with E-state index in [0.717, 1.165) is 29.5 Å². The number of hydrogen-bond donors (Lipinski definition) is 2. The number of nitrogens with one attached hydrogen (secondary N) is 2. The smallest absolute Gasteiger partial charge is 0.252 e. The van der Waals surface area contributed by atoms with Crippen LogP contribution in [-0.2, 0) is 4.79 Å². The second-order valence-corrected chi connectivity index (χ2v) is 8.31. The molecule has 2 N–H and O–H groups in total. The number of nitrogens with zero attached hydrogens (tertiary/aromatic N) is 1. The molecule has 3 rings (SSSR count). The quantitative estimate of drug-likeness (QED) is 0.501. The van der Waals surface area contributed by atoms with Gasteiger partial charge in [0.15, 0.2) is 5.13 Å². The van der Waals surface area contributed by atoms with E-state index < -0.39 is 29.5 Å². The number of amides is 2. The molecule has 0 unspecified atom stereocenters. The summed E-state index contributed by atoms with van der Waals surface area (Å²) in [6.45, 7) is 3.57. The van der Waals surface area contributed by atoms with Crippen LogP contribution >= 0.6 is 11.3 Å². The van der Waals surface area contributed by atoms with Gasteiger partial charge in [-0.05, 0) is 36.2 Å². The molecule has 0 saturated heterocycles. The largest absolute Gasteiger partial charge is 0.497 e. The first-order chi connectivity index (χ1) is 15.7. The fraction of sp³-hybridized carbons (Fsp3) is 0.261. The Morgan fingerprint density at radius 3 is 2.30 bits per heavy atom. The summed E-state index contributed by atoms with van der Waals surface area (Å²) >= 11 is 1.06. The van der Waals surface area contributed by atoms with Crippen molar-refractivity contribution in [3.05, 3.63) is 59.0 Å². The Labute approximate surface area is 193 Å². The normalized spacial score (nSPS) is 11.7. The molecule has 0 saturated carbocycles. The van der Waals surface area contributed by atoms with Crippen LogP contribution < -0.4 is 20.1 Å². The van der Waals surface area contributed by atoms with Gasteiger partial charge in [0.05, 0.1) is 19.9 Å². The minimum absolute atomic E-state index is 0.00701. The van der Waals surface area contributed by atoms with Crippen LogP contribution in [0.3, 0.4) is 0 Å². The molecule has 1 atom stereocenters. The summed E-state index contributed by atoms with van der Waals surface area (Å²) in [6, 6.07) is 6.89. The van der Waals surface area contributed by atoms with E-state index in [-0.39, 0.29) is 27.9 Å². The van der Waals surface area contributed by atoms with Gasteiger partial charge in [-0.2, -0.15) is 0 Å². The van der Waals surface area contributed by atoms with Crippen LogP contribution in [0, 0.1) is 17.6 Å². The van der Waals surface area contributed by atoms with Crippen molar-refractivity contribution in [2.75, 3.05) is 19.5 Å². The molecule has 0 bridgehead atoms. The highest BCUT2D eigenvalue weighted by atomic mass is 32.1. The van der Waals surface area contributed by atoms with Gasteiger partial charge in [-0.1, -0.05) is 13.8 Å². The Hall–Kier alpha value is -3.53. The molecule has 2 amide bonds. The van der Waals surface area contributed by atoms with Gasteiger partial charge in [-0.15, -0.1) is 11.3 Å².